The highest BCUT2D eigenvalue weighted by molar-refractivity contribution is 5.83. The van der Waals surface area contributed by atoms with Crippen LogP contribution in [-0.2, 0) is 17.9 Å². The van der Waals surface area contributed by atoms with E-state index in [0.29, 0.717) is 15.6 Å². The molecule has 1 N–H and O–H groups in total. The molecular weight excluding hydrogens is 496 g/mol. The van der Waals surface area contributed by atoms with Crippen molar-refractivity contribution in [1.29, 1.82) is 0 Å². The van der Waals surface area contributed by atoms with E-state index in [4.69, 9.17) is 9.84 Å². The fourth-order valence-corrected chi connectivity index (χ4v) is 3.67. The molecule has 13 heteroatoms. The molecule has 1 atom stereocenters. The predicted molar refractivity (Wildman–Crippen MR) is 113 cm³/mol. The van der Waals surface area contributed by atoms with Crippen molar-refractivity contribution in [2.75, 3.05) is 0 Å². The lowest BCUT2D eigenvalue weighted by Gasteiger charge is -2.22. The van der Waals surface area contributed by atoms with Crippen LogP contribution in [0, 0.1) is 0 Å². The number of hydrogen-bond acceptors (Lipinski definition) is 4. The molecule has 2 aromatic heterocycles. The third-order valence-corrected chi connectivity index (χ3v) is 5.07. The van der Waals surface area contributed by atoms with E-state index in [1.165, 1.54) is 28.8 Å². The number of hydrogen-bond donors (Lipinski definition) is 1. The summed E-state index contributed by atoms with van der Waals surface area (Å²) in [5.74, 6) is -1.40. The molecule has 2 aromatic carbocycles. The molecule has 0 aliphatic heterocycles. The van der Waals surface area contributed by atoms with Gasteiger partial charge in [-0.1, -0.05) is 12.1 Å². The molecule has 36 heavy (non-hydrogen) atoms. The Morgan fingerprint density at radius 3 is 2.31 bits per heavy atom. The van der Waals surface area contributed by atoms with E-state index in [-0.39, 0.29) is 23.6 Å². The van der Waals surface area contributed by atoms with Crippen molar-refractivity contribution in [2.24, 2.45) is 0 Å². The summed E-state index contributed by atoms with van der Waals surface area (Å²) in [5.41, 5.74) is 0.735. The second-order valence-corrected chi connectivity index (χ2v) is 7.70. The van der Waals surface area contributed by atoms with Gasteiger partial charge in [0, 0.05) is 18.5 Å². The highest BCUT2D eigenvalue weighted by atomic mass is 19.4. The number of nitrogens with zero attached hydrogens (tertiary/aromatic N) is 3. The van der Waals surface area contributed by atoms with Gasteiger partial charge in [-0.25, -0.2) is 0 Å². The lowest BCUT2D eigenvalue weighted by molar-refractivity contribution is -0.274. The SMILES string of the molecule is O=C(O)Cn1ccc2ccc(O[C@@H](c3ccc(OC(F)(F)F)cc3)c3ccnn3CC(F)(F)F)cc21. The minimum absolute atomic E-state index is 0.00201. The average molecular weight is 513 g/mol. The maximum absolute atomic E-state index is 13.1. The van der Waals surface area contributed by atoms with Gasteiger partial charge in [0.05, 0.1) is 11.2 Å². The quantitative estimate of drug-likeness (QED) is 0.313. The van der Waals surface area contributed by atoms with Crippen LogP contribution in [0.4, 0.5) is 26.3 Å². The van der Waals surface area contributed by atoms with Gasteiger partial charge in [0.2, 0.25) is 0 Å². The number of fused-ring (bicyclic) bond motifs is 1. The normalized spacial score (nSPS) is 13.1. The van der Waals surface area contributed by atoms with E-state index in [2.05, 4.69) is 9.84 Å². The summed E-state index contributed by atoms with van der Waals surface area (Å²) in [6.45, 7) is -1.74. The standard InChI is InChI=1S/C23H17F6N3O4/c24-22(25,26)13-32-18(7-9-30-32)21(15-2-4-16(5-3-15)36-23(27,28)29)35-17-6-1-14-8-10-31(12-20(33)34)19(14)11-17/h1-11,21H,12-13H2,(H,33,34)/t21-/m0/s1. The number of alkyl halides is 6. The number of carbonyl (C=O) groups is 1. The highest BCUT2D eigenvalue weighted by Crippen LogP contribution is 2.33. The molecule has 190 valence electrons. The molecule has 0 spiro atoms. The van der Waals surface area contributed by atoms with E-state index < -0.39 is 36.9 Å². The molecule has 2 heterocycles. The Labute approximate surface area is 199 Å². The summed E-state index contributed by atoms with van der Waals surface area (Å²) in [4.78, 5) is 11.1. The predicted octanol–water partition coefficient (Wildman–Crippen LogP) is 5.55. The summed E-state index contributed by atoms with van der Waals surface area (Å²) in [6, 6.07) is 12.2. The Balaban J connectivity index is 1.73. The average Bonchev–Trinajstić information content (AvgIpc) is 3.37. The van der Waals surface area contributed by atoms with E-state index in [0.717, 1.165) is 18.3 Å². The Bertz CT molecular complexity index is 1360. The molecule has 4 rings (SSSR count). The van der Waals surface area contributed by atoms with Crippen molar-refractivity contribution in [3.05, 3.63) is 78.2 Å². The number of halogens is 6. The monoisotopic (exact) mass is 513 g/mol. The Morgan fingerprint density at radius 1 is 0.972 bits per heavy atom. The van der Waals surface area contributed by atoms with Crippen molar-refractivity contribution in [3.63, 3.8) is 0 Å². The minimum Gasteiger partial charge on any atom is -0.480 e. The summed E-state index contributed by atoms with van der Waals surface area (Å²) in [6.07, 6.45) is -7.98. The molecular formula is C23H17F6N3O4. The number of carboxylic acid groups (broad SMARTS) is 1. The van der Waals surface area contributed by atoms with Crippen molar-refractivity contribution in [3.8, 4) is 11.5 Å². The van der Waals surface area contributed by atoms with Gasteiger partial charge in [-0.2, -0.15) is 18.3 Å². The first-order chi connectivity index (χ1) is 16.9. The van der Waals surface area contributed by atoms with Crippen LogP contribution >= 0.6 is 0 Å². The van der Waals surface area contributed by atoms with Gasteiger partial charge < -0.3 is 19.1 Å². The van der Waals surface area contributed by atoms with Crippen LogP contribution in [-0.4, -0.2) is 38.0 Å². The number of benzene rings is 2. The first kappa shape index (κ1) is 24.9. The van der Waals surface area contributed by atoms with Crippen LogP contribution in [0.2, 0.25) is 0 Å². The van der Waals surface area contributed by atoms with Crippen molar-refractivity contribution in [1.82, 2.24) is 14.3 Å². The van der Waals surface area contributed by atoms with Crippen LogP contribution in [0.1, 0.15) is 17.4 Å². The second-order valence-electron chi connectivity index (χ2n) is 7.70. The molecule has 0 bridgehead atoms. The van der Waals surface area contributed by atoms with E-state index in [9.17, 15) is 31.1 Å². The summed E-state index contributed by atoms with van der Waals surface area (Å²) < 4.78 is 89.0. The second kappa shape index (κ2) is 9.47. The third-order valence-electron chi connectivity index (χ3n) is 5.07. The number of carboxylic acids is 1. The first-order valence-electron chi connectivity index (χ1n) is 10.3. The van der Waals surface area contributed by atoms with Crippen LogP contribution < -0.4 is 9.47 Å². The van der Waals surface area contributed by atoms with Crippen LogP contribution in [0.5, 0.6) is 11.5 Å². The molecule has 0 saturated heterocycles. The number of ether oxygens (including phenoxy) is 2. The summed E-state index contributed by atoms with van der Waals surface area (Å²) in [5, 5.41) is 13.5. The maximum Gasteiger partial charge on any atom is 0.573 e. The van der Waals surface area contributed by atoms with E-state index >= 15 is 0 Å². The van der Waals surface area contributed by atoms with Gasteiger partial charge >= 0.3 is 18.5 Å². The highest BCUT2D eigenvalue weighted by Gasteiger charge is 2.33. The molecule has 4 aromatic rings. The Kier molecular flexibility index (Phi) is 6.57. The summed E-state index contributed by atoms with van der Waals surface area (Å²) >= 11 is 0. The number of rotatable bonds is 8. The van der Waals surface area contributed by atoms with Gasteiger partial charge in [-0.15, -0.1) is 13.2 Å². The van der Waals surface area contributed by atoms with Gasteiger partial charge in [-0.3, -0.25) is 9.48 Å². The lowest BCUT2D eigenvalue weighted by atomic mass is 10.1. The van der Waals surface area contributed by atoms with Gasteiger partial charge in [0.15, 0.2) is 6.10 Å². The van der Waals surface area contributed by atoms with Crippen molar-refractivity contribution < 1.29 is 45.7 Å². The smallest absolute Gasteiger partial charge is 0.480 e. The molecule has 0 aliphatic rings. The summed E-state index contributed by atoms with van der Waals surface area (Å²) in [7, 11) is 0. The molecule has 0 amide bonds. The zero-order valence-corrected chi connectivity index (χ0v) is 18.1. The molecule has 0 saturated carbocycles. The third kappa shape index (κ3) is 6.09. The molecule has 0 aliphatic carbocycles. The molecule has 7 nitrogen and oxygen atoms in total. The fraction of sp³-hybridized carbons (Fsp3) is 0.217. The molecule has 0 radical (unpaired) electrons. The van der Waals surface area contributed by atoms with Gasteiger partial charge in [0.25, 0.3) is 0 Å². The van der Waals surface area contributed by atoms with Gasteiger partial charge in [0.1, 0.15) is 24.6 Å². The largest absolute Gasteiger partial charge is 0.573 e. The number of aromatic nitrogens is 3. The first-order valence-corrected chi connectivity index (χ1v) is 10.3. The zero-order chi connectivity index (χ0) is 26.1. The maximum atomic E-state index is 13.1. The van der Waals surface area contributed by atoms with E-state index in [1.54, 1.807) is 24.4 Å². The van der Waals surface area contributed by atoms with Crippen molar-refractivity contribution in [2.45, 2.75) is 31.7 Å². The van der Waals surface area contributed by atoms with Gasteiger partial charge in [-0.05, 0) is 47.3 Å². The molecule has 0 unspecified atom stereocenters. The zero-order valence-electron chi connectivity index (χ0n) is 18.1. The van der Waals surface area contributed by atoms with Crippen LogP contribution in [0.15, 0.2) is 67.0 Å². The number of aliphatic carboxylic acids is 1. The fourth-order valence-electron chi connectivity index (χ4n) is 3.67. The van der Waals surface area contributed by atoms with Crippen LogP contribution in [0.25, 0.3) is 10.9 Å². The Morgan fingerprint density at radius 2 is 1.67 bits per heavy atom. The molecule has 0 fully saturated rings. The van der Waals surface area contributed by atoms with Crippen molar-refractivity contribution >= 4 is 16.9 Å². The minimum atomic E-state index is -4.91. The lowest BCUT2D eigenvalue weighted by Crippen LogP contribution is -2.23. The van der Waals surface area contributed by atoms with E-state index in [1.807, 2.05) is 0 Å². The van der Waals surface area contributed by atoms with Crippen LogP contribution in [0.3, 0.4) is 0 Å². The topological polar surface area (TPSA) is 78.5 Å². The Hall–Kier alpha value is -4.16.